The van der Waals surface area contributed by atoms with Crippen molar-refractivity contribution in [1.29, 1.82) is 0 Å². The van der Waals surface area contributed by atoms with Crippen molar-refractivity contribution in [2.24, 2.45) is 0 Å². The Bertz CT molecular complexity index is 1240. The maximum absolute atomic E-state index is 13.3. The van der Waals surface area contributed by atoms with Gasteiger partial charge in [0.2, 0.25) is 5.75 Å². The second kappa shape index (κ2) is 8.92. The number of pyridine rings is 1. The van der Waals surface area contributed by atoms with Gasteiger partial charge in [-0.05, 0) is 67.4 Å². The van der Waals surface area contributed by atoms with Crippen LogP contribution in [0.4, 0.5) is 5.69 Å². The Morgan fingerprint density at radius 2 is 1.71 bits per heavy atom. The highest BCUT2D eigenvalue weighted by molar-refractivity contribution is 7.54. The minimum absolute atomic E-state index is 0.104. The molecule has 1 aromatic heterocycles. The number of aryl methyl sites for hydroxylation is 1. The van der Waals surface area contributed by atoms with Crippen LogP contribution in [0.25, 0.3) is 11.3 Å². The number of rotatable bonds is 9. The standard InChI is InChI=1S/C24H25N4O5P/c1-17-3-9-22(25-16-17)19-4-7-21(8-5-19)32-24-15-20(6-10-23(24)28(29)30)18(2)33-34(31,26-11-12-26)27-13-14-27/h3-10,15-16,18H,11-14H2,1-2H3. The molecular weight excluding hydrogens is 455 g/mol. The molecule has 2 aromatic carbocycles. The maximum Gasteiger partial charge on any atom is 0.346 e. The van der Waals surface area contributed by atoms with Crippen LogP contribution in [0, 0.1) is 17.0 Å². The molecule has 3 aromatic rings. The number of nitro groups is 1. The number of benzene rings is 2. The van der Waals surface area contributed by atoms with Crippen LogP contribution in [0.15, 0.2) is 60.8 Å². The molecule has 0 spiro atoms. The summed E-state index contributed by atoms with van der Waals surface area (Å²) in [6.45, 7) is 6.79. The molecule has 2 saturated heterocycles. The normalized spacial score (nSPS) is 16.8. The number of nitro benzene ring substituents is 1. The van der Waals surface area contributed by atoms with Gasteiger partial charge in [0.25, 0.3) is 0 Å². The number of hydrogen-bond acceptors (Lipinski definition) is 6. The minimum Gasteiger partial charge on any atom is -0.450 e. The van der Waals surface area contributed by atoms with Gasteiger partial charge in [0.05, 0.1) is 16.7 Å². The average molecular weight is 480 g/mol. The van der Waals surface area contributed by atoms with E-state index in [2.05, 4.69) is 4.98 Å². The molecule has 1 atom stereocenters. The molecule has 0 N–H and O–H groups in total. The summed E-state index contributed by atoms with van der Waals surface area (Å²) in [7, 11) is -3.03. The fourth-order valence-electron chi connectivity index (χ4n) is 3.65. The summed E-state index contributed by atoms with van der Waals surface area (Å²) in [5, 5.41) is 11.6. The molecule has 2 aliphatic heterocycles. The van der Waals surface area contributed by atoms with Gasteiger partial charge in [-0.2, -0.15) is 0 Å². The molecule has 34 heavy (non-hydrogen) atoms. The van der Waals surface area contributed by atoms with E-state index < -0.39 is 18.7 Å². The Hall–Kier alpha value is -3.10. The van der Waals surface area contributed by atoms with Gasteiger partial charge in [-0.15, -0.1) is 0 Å². The lowest BCUT2D eigenvalue weighted by atomic mass is 10.1. The SMILES string of the molecule is Cc1ccc(-c2ccc(Oc3cc(C(C)OP(=O)(N4CC4)N4CC4)ccc3[N+](=O)[O-])cc2)nc1. The van der Waals surface area contributed by atoms with Crippen molar-refractivity contribution in [1.82, 2.24) is 14.3 Å². The third kappa shape index (κ3) is 4.74. The van der Waals surface area contributed by atoms with Crippen LogP contribution in [0.2, 0.25) is 0 Å². The molecule has 0 saturated carbocycles. The Morgan fingerprint density at radius 3 is 2.26 bits per heavy atom. The highest BCUT2D eigenvalue weighted by Gasteiger charge is 2.50. The second-order valence-electron chi connectivity index (χ2n) is 8.48. The molecule has 0 aliphatic carbocycles. The molecule has 5 rings (SSSR count). The molecule has 10 heteroatoms. The van der Waals surface area contributed by atoms with Crippen molar-refractivity contribution in [3.63, 3.8) is 0 Å². The van der Waals surface area contributed by atoms with E-state index in [1.54, 1.807) is 37.4 Å². The first-order chi connectivity index (χ1) is 16.3. The van der Waals surface area contributed by atoms with E-state index in [0.29, 0.717) is 11.3 Å². The van der Waals surface area contributed by atoms with E-state index in [1.165, 1.54) is 6.07 Å². The highest BCUT2D eigenvalue weighted by atomic mass is 31.2. The average Bonchev–Trinajstić information content (AvgIpc) is 3.72. The summed E-state index contributed by atoms with van der Waals surface area (Å²) in [5.74, 6) is 0.566. The van der Waals surface area contributed by atoms with Crippen molar-refractivity contribution in [3.05, 3.63) is 82.0 Å². The van der Waals surface area contributed by atoms with E-state index in [1.807, 2.05) is 40.5 Å². The van der Waals surface area contributed by atoms with Gasteiger partial charge in [0, 0.05) is 44.0 Å². The fraction of sp³-hybridized carbons (Fsp3) is 0.292. The van der Waals surface area contributed by atoms with Crippen LogP contribution in [0.1, 0.15) is 24.2 Å². The van der Waals surface area contributed by atoms with E-state index in [0.717, 1.165) is 43.0 Å². The first-order valence-electron chi connectivity index (χ1n) is 11.1. The van der Waals surface area contributed by atoms with Gasteiger partial charge in [-0.3, -0.25) is 24.2 Å². The number of ether oxygens (including phenoxy) is 1. The molecule has 176 valence electrons. The zero-order valence-electron chi connectivity index (χ0n) is 19.0. The van der Waals surface area contributed by atoms with Crippen LogP contribution < -0.4 is 4.74 Å². The molecule has 2 fully saturated rings. The quantitative estimate of drug-likeness (QED) is 0.170. The van der Waals surface area contributed by atoms with E-state index in [9.17, 15) is 14.7 Å². The van der Waals surface area contributed by atoms with Gasteiger partial charge in [-0.1, -0.05) is 6.07 Å². The van der Waals surface area contributed by atoms with Gasteiger partial charge in [0.1, 0.15) is 5.75 Å². The number of nitrogens with zero attached hydrogens (tertiary/aromatic N) is 4. The van der Waals surface area contributed by atoms with Crippen LogP contribution in [0.5, 0.6) is 11.5 Å². The predicted octanol–water partition coefficient (Wildman–Crippen LogP) is 5.57. The summed E-state index contributed by atoms with van der Waals surface area (Å²) in [5.41, 5.74) is 3.33. The molecule has 2 aliphatic rings. The summed E-state index contributed by atoms with van der Waals surface area (Å²) >= 11 is 0. The molecule has 3 heterocycles. The second-order valence-corrected chi connectivity index (χ2v) is 10.8. The molecular formula is C24H25N4O5P. The van der Waals surface area contributed by atoms with Crippen LogP contribution in [-0.4, -0.2) is 45.4 Å². The lowest BCUT2D eigenvalue weighted by molar-refractivity contribution is -0.385. The number of hydrogen-bond donors (Lipinski definition) is 0. The predicted molar refractivity (Wildman–Crippen MR) is 128 cm³/mol. The van der Waals surface area contributed by atoms with E-state index in [-0.39, 0.29) is 11.4 Å². The van der Waals surface area contributed by atoms with E-state index >= 15 is 0 Å². The van der Waals surface area contributed by atoms with Crippen LogP contribution in [0.3, 0.4) is 0 Å². The van der Waals surface area contributed by atoms with Crippen LogP contribution >= 0.6 is 7.67 Å². The third-order valence-electron chi connectivity index (χ3n) is 5.80. The Kier molecular flexibility index (Phi) is 5.95. The lowest BCUT2D eigenvalue weighted by Gasteiger charge is -2.24. The van der Waals surface area contributed by atoms with Gasteiger partial charge in [-0.25, -0.2) is 9.34 Å². The summed E-state index contributed by atoms with van der Waals surface area (Å²) in [4.78, 5) is 15.6. The van der Waals surface area contributed by atoms with Gasteiger partial charge in [0.15, 0.2) is 0 Å². The third-order valence-corrected chi connectivity index (χ3v) is 8.62. The molecule has 0 bridgehead atoms. The zero-order valence-corrected chi connectivity index (χ0v) is 19.9. The smallest absolute Gasteiger partial charge is 0.346 e. The van der Waals surface area contributed by atoms with Gasteiger partial charge < -0.3 is 4.74 Å². The maximum atomic E-state index is 13.3. The van der Waals surface area contributed by atoms with Crippen molar-refractivity contribution in [3.8, 4) is 22.8 Å². The van der Waals surface area contributed by atoms with Gasteiger partial charge >= 0.3 is 13.4 Å². The summed E-state index contributed by atoms with van der Waals surface area (Å²) < 4.78 is 28.9. The minimum atomic E-state index is -3.03. The van der Waals surface area contributed by atoms with E-state index in [4.69, 9.17) is 9.26 Å². The van der Waals surface area contributed by atoms with Crippen molar-refractivity contribution >= 4 is 13.4 Å². The molecule has 0 amide bonds. The first kappa shape index (κ1) is 22.7. The van der Waals surface area contributed by atoms with Crippen molar-refractivity contribution in [2.75, 3.05) is 26.2 Å². The van der Waals surface area contributed by atoms with Crippen molar-refractivity contribution < 1.29 is 18.7 Å². The zero-order chi connectivity index (χ0) is 23.9. The largest absolute Gasteiger partial charge is 0.450 e. The highest BCUT2D eigenvalue weighted by Crippen LogP contribution is 2.63. The fourth-order valence-corrected chi connectivity index (χ4v) is 6.00. The lowest BCUT2D eigenvalue weighted by Crippen LogP contribution is -2.10. The summed E-state index contributed by atoms with van der Waals surface area (Å²) in [6.07, 6.45) is 1.28. The molecule has 0 radical (unpaired) electrons. The molecule has 1 unspecified atom stereocenters. The van der Waals surface area contributed by atoms with Crippen LogP contribution in [-0.2, 0) is 9.09 Å². The molecule has 9 nitrogen and oxygen atoms in total. The van der Waals surface area contributed by atoms with Crippen molar-refractivity contribution in [2.45, 2.75) is 20.0 Å². The summed E-state index contributed by atoms with van der Waals surface area (Å²) in [6, 6.07) is 15.8. The first-order valence-corrected chi connectivity index (χ1v) is 12.6. The monoisotopic (exact) mass is 480 g/mol. The number of aromatic nitrogens is 1. The Morgan fingerprint density at radius 1 is 1.03 bits per heavy atom. The Balaban J connectivity index is 1.37. The topological polar surface area (TPSA) is 97.6 Å². The Labute approximate surface area is 197 Å².